The number of rotatable bonds is 4. The summed E-state index contributed by atoms with van der Waals surface area (Å²) in [5, 5.41) is 3.30. The molecule has 2 aromatic rings. The van der Waals surface area contributed by atoms with Crippen LogP contribution in [0.25, 0.3) is 0 Å². The molecule has 0 spiro atoms. The molecule has 0 aliphatic carbocycles. The minimum Gasteiger partial charge on any atom is -0.383 e. The molecule has 5 nitrogen and oxygen atoms in total. The Bertz CT molecular complexity index is 864. The SMILES string of the molecule is O=S(=O)(c1ccc2c(c1)NCCS2)N1CCN(Cc2ccccc2)CC1. The molecule has 2 heterocycles. The Morgan fingerprint density at radius 2 is 1.77 bits per heavy atom. The molecule has 2 aromatic carbocycles. The number of hydrogen-bond acceptors (Lipinski definition) is 5. The van der Waals surface area contributed by atoms with Gasteiger partial charge in [0.25, 0.3) is 0 Å². The van der Waals surface area contributed by atoms with E-state index in [0.717, 1.165) is 42.5 Å². The van der Waals surface area contributed by atoms with Gasteiger partial charge in [0.15, 0.2) is 0 Å². The van der Waals surface area contributed by atoms with Crippen LogP contribution in [0.2, 0.25) is 0 Å². The van der Waals surface area contributed by atoms with Gasteiger partial charge >= 0.3 is 0 Å². The largest absolute Gasteiger partial charge is 0.383 e. The quantitative estimate of drug-likeness (QED) is 0.871. The van der Waals surface area contributed by atoms with Crippen molar-refractivity contribution in [2.24, 2.45) is 0 Å². The highest BCUT2D eigenvalue weighted by molar-refractivity contribution is 7.99. The number of hydrogen-bond donors (Lipinski definition) is 1. The van der Waals surface area contributed by atoms with Crippen molar-refractivity contribution in [2.75, 3.05) is 43.8 Å². The minimum absolute atomic E-state index is 0.391. The van der Waals surface area contributed by atoms with Crippen molar-refractivity contribution < 1.29 is 8.42 Å². The van der Waals surface area contributed by atoms with Gasteiger partial charge in [0.1, 0.15) is 0 Å². The van der Waals surface area contributed by atoms with Crippen molar-refractivity contribution in [1.82, 2.24) is 9.21 Å². The lowest BCUT2D eigenvalue weighted by Crippen LogP contribution is -2.48. The number of fused-ring (bicyclic) bond motifs is 1. The zero-order chi connectivity index (χ0) is 18.0. The van der Waals surface area contributed by atoms with E-state index in [1.54, 1.807) is 28.2 Å². The topological polar surface area (TPSA) is 52.7 Å². The molecular formula is C19H23N3O2S2. The first-order chi connectivity index (χ1) is 12.6. The van der Waals surface area contributed by atoms with Gasteiger partial charge in [-0.3, -0.25) is 4.90 Å². The summed E-state index contributed by atoms with van der Waals surface area (Å²) in [5.74, 6) is 1.02. The molecule has 0 radical (unpaired) electrons. The number of nitrogens with one attached hydrogen (secondary N) is 1. The Labute approximate surface area is 159 Å². The molecule has 7 heteroatoms. The number of benzene rings is 2. The van der Waals surface area contributed by atoms with Crippen molar-refractivity contribution in [3.05, 3.63) is 54.1 Å². The lowest BCUT2D eigenvalue weighted by Gasteiger charge is -2.34. The summed E-state index contributed by atoms with van der Waals surface area (Å²) >= 11 is 1.77. The van der Waals surface area contributed by atoms with Gasteiger partial charge in [0.05, 0.1) is 4.90 Å². The number of piperazine rings is 1. The van der Waals surface area contributed by atoms with Gasteiger partial charge in [-0.25, -0.2) is 8.42 Å². The highest BCUT2D eigenvalue weighted by Crippen LogP contribution is 2.33. The first kappa shape index (κ1) is 17.9. The lowest BCUT2D eigenvalue weighted by atomic mass is 10.2. The van der Waals surface area contributed by atoms with Crippen molar-refractivity contribution in [3.8, 4) is 0 Å². The van der Waals surface area contributed by atoms with E-state index in [4.69, 9.17) is 0 Å². The molecule has 2 aliphatic rings. The summed E-state index contributed by atoms with van der Waals surface area (Å²) in [5.41, 5.74) is 2.20. The molecule has 1 fully saturated rings. The highest BCUT2D eigenvalue weighted by atomic mass is 32.2. The summed E-state index contributed by atoms with van der Waals surface area (Å²) in [6.45, 7) is 4.33. The average Bonchev–Trinajstić information content (AvgIpc) is 2.69. The summed E-state index contributed by atoms with van der Waals surface area (Å²) in [6, 6.07) is 15.8. The molecule has 4 rings (SSSR count). The second-order valence-electron chi connectivity index (χ2n) is 6.60. The van der Waals surface area contributed by atoms with Crippen LogP contribution in [0.3, 0.4) is 0 Å². The van der Waals surface area contributed by atoms with Gasteiger partial charge in [-0.2, -0.15) is 4.31 Å². The molecule has 138 valence electrons. The van der Waals surface area contributed by atoms with Crippen LogP contribution in [0.1, 0.15) is 5.56 Å². The molecule has 0 atom stereocenters. The minimum atomic E-state index is -3.43. The molecule has 0 amide bonds. The van der Waals surface area contributed by atoms with Crippen LogP contribution in [0.15, 0.2) is 58.3 Å². The maximum atomic E-state index is 13.0. The Kier molecular flexibility index (Phi) is 5.22. The Balaban J connectivity index is 1.43. The van der Waals surface area contributed by atoms with Crippen molar-refractivity contribution in [2.45, 2.75) is 16.3 Å². The summed E-state index contributed by atoms with van der Waals surface area (Å²) in [6.07, 6.45) is 0. The highest BCUT2D eigenvalue weighted by Gasteiger charge is 2.29. The third-order valence-corrected chi connectivity index (χ3v) is 7.81. The lowest BCUT2D eigenvalue weighted by molar-refractivity contribution is 0.181. The van der Waals surface area contributed by atoms with Crippen LogP contribution < -0.4 is 5.32 Å². The molecule has 26 heavy (non-hydrogen) atoms. The van der Waals surface area contributed by atoms with E-state index < -0.39 is 10.0 Å². The number of nitrogens with zero attached hydrogens (tertiary/aromatic N) is 2. The maximum absolute atomic E-state index is 13.0. The summed E-state index contributed by atoms with van der Waals surface area (Å²) in [4.78, 5) is 3.83. The van der Waals surface area contributed by atoms with Crippen molar-refractivity contribution in [3.63, 3.8) is 0 Å². The molecule has 0 aromatic heterocycles. The molecule has 0 unspecified atom stereocenters. The number of thioether (sulfide) groups is 1. The molecule has 0 saturated carbocycles. The zero-order valence-electron chi connectivity index (χ0n) is 14.6. The fourth-order valence-electron chi connectivity index (χ4n) is 3.40. The Morgan fingerprint density at radius 3 is 2.54 bits per heavy atom. The Morgan fingerprint density at radius 1 is 1.00 bits per heavy atom. The zero-order valence-corrected chi connectivity index (χ0v) is 16.2. The van der Waals surface area contributed by atoms with Gasteiger partial charge in [-0.15, -0.1) is 11.8 Å². The van der Waals surface area contributed by atoms with Gasteiger partial charge in [-0.1, -0.05) is 30.3 Å². The third-order valence-electron chi connectivity index (χ3n) is 4.84. The fourth-order valence-corrected chi connectivity index (χ4v) is 5.72. The van der Waals surface area contributed by atoms with Crippen LogP contribution in [0.5, 0.6) is 0 Å². The number of anilines is 1. The molecule has 0 bridgehead atoms. The molecular weight excluding hydrogens is 366 g/mol. The van der Waals surface area contributed by atoms with E-state index in [9.17, 15) is 8.42 Å². The standard InChI is InChI=1S/C19H23N3O2S2/c23-26(24,17-6-7-19-18(14-17)20-8-13-25-19)22-11-9-21(10-12-22)15-16-4-2-1-3-5-16/h1-7,14,20H,8-13,15H2. The van der Waals surface area contributed by atoms with E-state index in [0.29, 0.717) is 18.0 Å². The smallest absolute Gasteiger partial charge is 0.243 e. The van der Waals surface area contributed by atoms with Gasteiger partial charge in [-0.05, 0) is 23.8 Å². The van der Waals surface area contributed by atoms with Crippen LogP contribution in [0.4, 0.5) is 5.69 Å². The third kappa shape index (κ3) is 3.76. The molecule has 2 aliphatic heterocycles. The van der Waals surface area contributed by atoms with E-state index in [2.05, 4.69) is 22.3 Å². The first-order valence-corrected chi connectivity index (χ1v) is 11.3. The van der Waals surface area contributed by atoms with Crippen LogP contribution >= 0.6 is 11.8 Å². The van der Waals surface area contributed by atoms with E-state index in [1.165, 1.54) is 5.56 Å². The second-order valence-corrected chi connectivity index (χ2v) is 9.67. The normalized spacial score (nSPS) is 18.9. The van der Waals surface area contributed by atoms with Crippen molar-refractivity contribution >= 4 is 27.5 Å². The summed E-state index contributed by atoms with van der Waals surface area (Å²) < 4.78 is 27.6. The van der Waals surface area contributed by atoms with Gasteiger partial charge in [0, 0.05) is 55.6 Å². The van der Waals surface area contributed by atoms with Crippen LogP contribution in [-0.4, -0.2) is 56.1 Å². The second kappa shape index (κ2) is 7.60. The van der Waals surface area contributed by atoms with Gasteiger partial charge in [0.2, 0.25) is 10.0 Å². The maximum Gasteiger partial charge on any atom is 0.243 e. The summed E-state index contributed by atoms with van der Waals surface area (Å²) in [7, 11) is -3.43. The molecule has 1 saturated heterocycles. The van der Waals surface area contributed by atoms with Crippen LogP contribution in [-0.2, 0) is 16.6 Å². The predicted molar refractivity (Wildman–Crippen MR) is 106 cm³/mol. The average molecular weight is 390 g/mol. The van der Waals surface area contributed by atoms with E-state index in [1.807, 2.05) is 24.3 Å². The molecule has 1 N–H and O–H groups in total. The van der Waals surface area contributed by atoms with E-state index in [-0.39, 0.29) is 0 Å². The van der Waals surface area contributed by atoms with Crippen LogP contribution in [0, 0.1) is 0 Å². The number of sulfonamides is 1. The monoisotopic (exact) mass is 389 g/mol. The Hall–Kier alpha value is -1.54. The first-order valence-electron chi connectivity index (χ1n) is 8.90. The van der Waals surface area contributed by atoms with Gasteiger partial charge < -0.3 is 5.32 Å². The predicted octanol–water partition coefficient (Wildman–Crippen LogP) is 2.71. The van der Waals surface area contributed by atoms with Crippen molar-refractivity contribution in [1.29, 1.82) is 0 Å². The van der Waals surface area contributed by atoms with E-state index >= 15 is 0 Å². The fraction of sp³-hybridized carbons (Fsp3) is 0.368.